The number of aromatic nitrogens is 3. The van der Waals surface area contributed by atoms with Gasteiger partial charge in [-0.2, -0.15) is 18.3 Å². The quantitative estimate of drug-likeness (QED) is 0.212. The number of alkyl halides is 3. The summed E-state index contributed by atoms with van der Waals surface area (Å²) < 4.78 is 48.1. The first-order valence-electron chi connectivity index (χ1n) is 15.3. The lowest BCUT2D eigenvalue weighted by molar-refractivity contribution is -0.143. The number of hydrogen-bond acceptors (Lipinski definition) is 5. The van der Waals surface area contributed by atoms with Crippen molar-refractivity contribution in [3.8, 4) is 22.8 Å². The Bertz CT molecular complexity index is 1790. The van der Waals surface area contributed by atoms with E-state index in [-0.39, 0.29) is 24.0 Å². The fourth-order valence-electron chi connectivity index (χ4n) is 6.89. The maximum atomic E-state index is 13.8. The SMILES string of the molecule is O=C(O)c1cnn(-c2cccc(-c3cccc(Cl)c3OCc3ccc(C4CC5CCC(C4)N5C(=O)C4CC4)cc3)n2)c1C(F)(F)F. The molecule has 2 unspecified atom stereocenters. The zero-order valence-corrected chi connectivity index (χ0v) is 25.3. The molecule has 1 N–H and O–H groups in total. The van der Waals surface area contributed by atoms with Gasteiger partial charge in [-0.1, -0.05) is 48.0 Å². The Kier molecular flexibility index (Phi) is 7.75. The van der Waals surface area contributed by atoms with E-state index in [0.717, 1.165) is 44.1 Å². The summed E-state index contributed by atoms with van der Waals surface area (Å²) in [5.74, 6) is -0.628. The van der Waals surface area contributed by atoms with Crippen molar-refractivity contribution >= 4 is 23.5 Å². The van der Waals surface area contributed by atoms with Crippen molar-refractivity contribution in [2.45, 2.75) is 69.3 Å². The molecule has 2 aromatic heterocycles. The van der Waals surface area contributed by atoms with Gasteiger partial charge in [0.15, 0.2) is 11.5 Å². The maximum Gasteiger partial charge on any atom is 0.434 e. The van der Waals surface area contributed by atoms with Crippen molar-refractivity contribution in [2.24, 2.45) is 5.92 Å². The van der Waals surface area contributed by atoms with Crippen molar-refractivity contribution in [1.29, 1.82) is 0 Å². The molecular formula is C34H30ClF3N4O4. The average molecular weight is 651 g/mol. The number of ether oxygens (including phenoxy) is 1. The summed E-state index contributed by atoms with van der Waals surface area (Å²) in [6, 6.07) is 18.4. The van der Waals surface area contributed by atoms with E-state index in [9.17, 15) is 27.9 Å². The molecule has 3 aliphatic rings. The molecule has 2 bridgehead atoms. The molecule has 4 heterocycles. The van der Waals surface area contributed by atoms with E-state index in [1.807, 2.05) is 12.1 Å². The molecule has 4 aromatic rings. The molecule has 0 spiro atoms. The molecule has 3 fully saturated rings. The highest BCUT2D eigenvalue weighted by atomic mass is 35.5. The standard InChI is InChI=1S/C34H30ClF3N4O4/c35-27-4-1-3-25(28-5-2-6-29(40-28)42-31(34(36,37)38)26(17-39-42)33(44)45)30(27)46-18-19-7-9-20(10-8-19)22-15-23-13-14-24(16-22)41(23)32(43)21-11-12-21/h1-10,17,21-24H,11-16,18H2,(H,44,45). The number of carbonyl (C=O) groups excluding carboxylic acids is 1. The van der Waals surface area contributed by atoms with Crippen LogP contribution in [-0.2, 0) is 17.6 Å². The first-order valence-corrected chi connectivity index (χ1v) is 15.6. The lowest BCUT2D eigenvalue weighted by Crippen LogP contribution is -2.46. The van der Waals surface area contributed by atoms with Gasteiger partial charge in [-0.15, -0.1) is 0 Å². The predicted molar refractivity (Wildman–Crippen MR) is 163 cm³/mol. The lowest BCUT2D eigenvalue weighted by atomic mass is 9.84. The smallest absolute Gasteiger partial charge is 0.434 e. The van der Waals surface area contributed by atoms with Crippen LogP contribution in [0.4, 0.5) is 13.2 Å². The van der Waals surface area contributed by atoms with Gasteiger partial charge in [0.1, 0.15) is 17.9 Å². The third-order valence-corrected chi connectivity index (χ3v) is 9.51. The molecule has 2 aliphatic heterocycles. The number of nitrogens with zero attached hydrogens (tertiary/aromatic N) is 4. The van der Waals surface area contributed by atoms with E-state index >= 15 is 0 Å². The minimum Gasteiger partial charge on any atom is -0.487 e. The van der Waals surface area contributed by atoms with E-state index in [2.05, 4.69) is 27.1 Å². The number of para-hydroxylation sites is 1. The van der Waals surface area contributed by atoms with Gasteiger partial charge in [0.25, 0.3) is 0 Å². The Balaban J connectivity index is 1.08. The number of carboxylic acid groups (broad SMARTS) is 1. The largest absolute Gasteiger partial charge is 0.487 e. The van der Waals surface area contributed by atoms with E-state index in [4.69, 9.17) is 16.3 Å². The van der Waals surface area contributed by atoms with Crippen LogP contribution in [0.2, 0.25) is 5.02 Å². The van der Waals surface area contributed by atoms with E-state index in [0.29, 0.717) is 51.1 Å². The van der Waals surface area contributed by atoms with Gasteiger partial charge in [0, 0.05) is 23.6 Å². The van der Waals surface area contributed by atoms with Crippen LogP contribution in [0.15, 0.2) is 66.9 Å². The van der Waals surface area contributed by atoms with Crippen molar-refractivity contribution in [2.75, 3.05) is 0 Å². The van der Waals surface area contributed by atoms with Gasteiger partial charge >= 0.3 is 12.1 Å². The highest BCUT2D eigenvalue weighted by molar-refractivity contribution is 6.32. The minimum absolute atomic E-state index is 0.190. The van der Waals surface area contributed by atoms with Crippen LogP contribution >= 0.6 is 11.6 Å². The number of halogens is 4. The van der Waals surface area contributed by atoms with Crippen molar-refractivity contribution in [1.82, 2.24) is 19.7 Å². The highest BCUT2D eigenvalue weighted by Gasteiger charge is 2.47. The van der Waals surface area contributed by atoms with Crippen molar-refractivity contribution in [3.05, 3.63) is 94.3 Å². The summed E-state index contributed by atoms with van der Waals surface area (Å²) in [7, 11) is 0. The van der Waals surface area contributed by atoms with Gasteiger partial charge in [-0.25, -0.2) is 14.5 Å². The number of fused-ring (bicyclic) bond motifs is 2. The van der Waals surface area contributed by atoms with Crippen LogP contribution in [-0.4, -0.2) is 48.7 Å². The molecule has 12 heteroatoms. The number of aromatic carboxylic acids is 1. The fraction of sp³-hybridized carbons (Fsp3) is 0.353. The Labute approximate surface area is 267 Å². The summed E-state index contributed by atoms with van der Waals surface area (Å²) >= 11 is 6.53. The number of piperidine rings is 1. The van der Waals surface area contributed by atoms with Crippen molar-refractivity contribution < 1.29 is 32.6 Å². The van der Waals surface area contributed by atoms with Gasteiger partial charge < -0.3 is 14.7 Å². The average Bonchev–Trinajstić information content (AvgIpc) is 3.72. The van der Waals surface area contributed by atoms with Crippen LogP contribution in [0.1, 0.15) is 71.6 Å². The summed E-state index contributed by atoms with van der Waals surface area (Å²) in [6.07, 6.45) is 1.88. The summed E-state index contributed by atoms with van der Waals surface area (Å²) in [5, 5.41) is 13.3. The molecular weight excluding hydrogens is 621 g/mol. The van der Waals surface area contributed by atoms with Gasteiger partial charge in [-0.3, -0.25) is 4.79 Å². The number of carboxylic acids is 1. The van der Waals surface area contributed by atoms with E-state index in [1.165, 1.54) is 17.7 Å². The molecule has 1 saturated carbocycles. The molecule has 8 nitrogen and oxygen atoms in total. The number of rotatable bonds is 8. The van der Waals surface area contributed by atoms with E-state index < -0.39 is 23.4 Å². The molecule has 2 atom stereocenters. The van der Waals surface area contributed by atoms with Crippen LogP contribution in [0.5, 0.6) is 5.75 Å². The number of hydrogen-bond donors (Lipinski definition) is 1. The number of amides is 1. The molecule has 238 valence electrons. The second-order valence-corrected chi connectivity index (χ2v) is 12.6. The zero-order chi connectivity index (χ0) is 32.2. The third-order valence-electron chi connectivity index (χ3n) is 9.21. The summed E-state index contributed by atoms with van der Waals surface area (Å²) in [4.78, 5) is 30.8. The fourth-order valence-corrected chi connectivity index (χ4v) is 7.12. The first kappa shape index (κ1) is 30.3. The summed E-state index contributed by atoms with van der Waals surface area (Å²) in [5.41, 5.74) is 0.481. The van der Waals surface area contributed by atoms with Crippen LogP contribution in [0.25, 0.3) is 17.1 Å². The van der Waals surface area contributed by atoms with Crippen LogP contribution < -0.4 is 4.74 Å². The highest BCUT2D eigenvalue weighted by Crippen LogP contribution is 2.46. The normalized spacial score (nSPS) is 21.0. The Morgan fingerprint density at radius 1 is 0.957 bits per heavy atom. The Hall–Kier alpha value is -4.38. The Morgan fingerprint density at radius 3 is 2.30 bits per heavy atom. The molecule has 1 amide bonds. The molecule has 1 aliphatic carbocycles. The molecule has 7 rings (SSSR count). The topological polar surface area (TPSA) is 97.5 Å². The summed E-state index contributed by atoms with van der Waals surface area (Å²) in [6.45, 7) is 0.190. The third kappa shape index (κ3) is 5.72. The second-order valence-electron chi connectivity index (χ2n) is 12.2. The Morgan fingerprint density at radius 2 is 1.65 bits per heavy atom. The molecule has 2 aromatic carbocycles. The predicted octanol–water partition coefficient (Wildman–Crippen LogP) is 7.53. The maximum absolute atomic E-state index is 13.8. The van der Waals surface area contributed by atoms with Crippen molar-refractivity contribution in [3.63, 3.8) is 0 Å². The minimum atomic E-state index is -4.98. The zero-order valence-electron chi connectivity index (χ0n) is 24.6. The second kappa shape index (κ2) is 11.8. The first-order chi connectivity index (χ1) is 22.1. The van der Waals surface area contributed by atoms with Gasteiger partial charge in [0.05, 0.1) is 16.9 Å². The molecule has 0 radical (unpaired) electrons. The van der Waals surface area contributed by atoms with E-state index in [1.54, 1.807) is 24.3 Å². The monoisotopic (exact) mass is 650 g/mol. The van der Waals surface area contributed by atoms with Gasteiger partial charge in [-0.05, 0) is 79.8 Å². The van der Waals surface area contributed by atoms with Crippen LogP contribution in [0.3, 0.4) is 0 Å². The molecule has 2 saturated heterocycles. The van der Waals surface area contributed by atoms with Crippen LogP contribution in [0, 0.1) is 5.92 Å². The lowest BCUT2D eigenvalue weighted by Gasteiger charge is -2.39. The number of carbonyl (C=O) groups is 2. The molecule has 46 heavy (non-hydrogen) atoms. The number of benzene rings is 2. The number of pyridine rings is 1. The van der Waals surface area contributed by atoms with Gasteiger partial charge in [0.2, 0.25) is 5.91 Å².